The molecule has 0 bridgehead atoms. The number of carbonyl (C=O) groups is 1. The molecule has 108 valence electrons. The molecule has 4 nitrogen and oxygen atoms in total. The van der Waals surface area contributed by atoms with Crippen LogP contribution in [-0.4, -0.2) is 11.8 Å². The van der Waals surface area contributed by atoms with Gasteiger partial charge in [-0.3, -0.25) is 4.79 Å². The molecule has 0 radical (unpaired) electrons. The maximum Gasteiger partial charge on any atom is 0.224 e. The van der Waals surface area contributed by atoms with Crippen molar-refractivity contribution in [1.82, 2.24) is 0 Å². The highest BCUT2D eigenvalue weighted by Crippen LogP contribution is 2.20. The molecule has 1 N–H and O–H groups in total. The van der Waals surface area contributed by atoms with E-state index in [2.05, 4.69) is 15.5 Å². The lowest BCUT2D eigenvalue weighted by atomic mass is 10.2. The molecule has 0 aliphatic heterocycles. The van der Waals surface area contributed by atoms with Crippen molar-refractivity contribution in [1.29, 1.82) is 0 Å². The zero-order valence-electron chi connectivity index (χ0n) is 11.5. The van der Waals surface area contributed by atoms with E-state index in [4.69, 9.17) is 11.6 Å². The summed E-state index contributed by atoms with van der Waals surface area (Å²) in [6.45, 7) is 0. The quantitative estimate of drug-likeness (QED) is 0.588. The molecule has 1 amide bonds. The largest absolute Gasteiger partial charge is 0.326 e. The number of anilines is 1. The third kappa shape index (κ3) is 5.36. The summed E-state index contributed by atoms with van der Waals surface area (Å²) in [6, 6.07) is 16.7. The first-order valence-electron chi connectivity index (χ1n) is 6.70. The molecule has 2 aromatic rings. The van der Waals surface area contributed by atoms with Gasteiger partial charge in [-0.25, -0.2) is 0 Å². The fourth-order valence-electron chi connectivity index (χ4n) is 1.67. The summed E-state index contributed by atoms with van der Waals surface area (Å²) in [6.07, 6.45) is 1.11. The van der Waals surface area contributed by atoms with Gasteiger partial charge in [-0.05, 0) is 42.8 Å². The molecule has 0 heterocycles. The Hall–Kier alpha value is -2.20. The van der Waals surface area contributed by atoms with E-state index in [1.165, 1.54) is 0 Å². The number of azo groups is 1. The van der Waals surface area contributed by atoms with E-state index in [1.54, 1.807) is 12.1 Å². The highest BCUT2D eigenvalue weighted by Gasteiger charge is 2.01. The topological polar surface area (TPSA) is 53.8 Å². The molecular formula is C16H16ClN3O. The van der Waals surface area contributed by atoms with Crippen LogP contribution in [0.2, 0.25) is 0 Å². The monoisotopic (exact) mass is 301 g/mol. The van der Waals surface area contributed by atoms with Crippen molar-refractivity contribution < 1.29 is 4.79 Å². The van der Waals surface area contributed by atoms with Crippen molar-refractivity contribution in [2.45, 2.75) is 12.8 Å². The molecule has 0 saturated carbocycles. The van der Waals surface area contributed by atoms with Gasteiger partial charge in [0.15, 0.2) is 0 Å². The van der Waals surface area contributed by atoms with Gasteiger partial charge in [0.1, 0.15) is 0 Å². The number of halogens is 1. The third-order valence-electron chi connectivity index (χ3n) is 2.73. The second-order valence-corrected chi connectivity index (χ2v) is 4.80. The van der Waals surface area contributed by atoms with Crippen LogP contribution in [-0.2, 0) is 4.79 Å². The molecule has 2 aromatic carbocycles. The van der Waals surface area contributed by atoms with Crippen LogP contribution in [0.1, 0.15) is 12.8 Å². The number of alkyl halides is 1. The molecule has 0 unspecified atom stereocenters. The van der Waals surface area contributed by atoms with Crippen LogP contribution >= 0.6 is 11.6 Å². The zero-order chi connectivity index (χ0) is 14.9. The van der Waals surface area contributed by atoms with Gasteiger partial charge in [0, 0.05) is 18.0 Å². The summed E-state index contributed by atoms with van der Waals surface area (Å²) in [7, 11) is 0. The maximum absolute atomic E-state index is 11.6. The molecule has 0 fully saturated rings. The van der Waals surface area contributed by atoms with E-state index >= 15 is 0 Å². The third-order valence-corrected chi connectivity index (χ3v) is 2.99. The summed E-state index contributed by atoms with van der Waals surface area (Å²) in [5, 5.41) is 11.1. The first-order valence-corrected chi connectivity index (χ1v) is 7.24. The smallest absolute Gasteiger partial charge is 0.224 e. The average Bonchev–Trinajstić information content (AvgIpc) is 2.53. The molecule has 0 atom stereocenters. The number of benzene rings is 2. The molecule has 5 heteroatoms. The van der Waals surface area contributed by atoms with Crippen LogP contribution in [0.4, 0.5) is 17.1 Å². The minimum Gasteiger partial charge on any atom is -0.326 e. The van der Waals surface area contributed by atoms with Gasteiger partial charge in [-0.1, -0.05) is 18.2 Å². The first kappa shape index (κ1) is 15.2. The van der Waals surface area contributed by atoms with Gasteiger partial charge in [-0.2, -0.15) is 10.2 Å². The zero-order valence-corrected chi connectivity index (χ0v) is 12.3. The Bertz CT molecular complexity index is 597. The average molecular weight is 302 g/mol. The number of rotatable bonds is 6. The van der Waals surface area contributed by atoms with Crippen LogP contribution in [0.5, 0.6) is 0 Å². The fraction of sp³-hybridized carbons (Fsp3) is 0.188. The SMILES string of the molecule is O=C(CCCCl)Nc1ccc(N=Nc2ccccc2)cc1. The van der Waals surface area contributed by atoms with Gasteiger partial charge in [-0.15, -0.1) is 11.6 Å². The Kier molecular flexibility index (Phi) is 5.91. The lowest BCUT2D eigenvalue weighted by Gasteiger charge is -2.04. The number of nitrogens with zero attached hydrogens (tertiary/aromatic N) is 2. The van der Waals surface area contributed by atoms with Gasteiger partial charge in [0.05, 0.1) is 11.4 Å². The molecular weight excluding hydrogens is 286 g/mol. The standard InChI is InChI=1S/C16H16ClN3O/c17-12-4-7-16(21)18-13-8-10-15(11-9-13)20-19-14-5-2-1-3-6-14/h1-3,5-6,8-11H,4,7,12H2,(H,18,21). The molecule has 0 aromatic heterocycles. The Labute approximate surface area is 128 Å². The molecule has 0 spiro atoms. The van der Waals surface area contributed by atoms with Crippen LogP contribution in [0.25, 0.3) is 0 Å². The molecule has 0 aliphatic carbocycles. The Morgan fingerprint density at radius 2 is 1.57 bits per heavy atom. The van der Waals surface area contributed by atoms with Crippen LogP contribution in [0, 0.1) is 0 Å². The number of hydrogen-bond donors (Lipinski definition) is 1. The first-order chi connectivity index (χ1) is 10.3. The second kappa shape index (κ2) is 8.17. The summed E-state index contributed by atoms with van der Waals surface area (Å²) in [5.41, 5.74) is 2.28. The summed E-state index contributed by atoms with van der Waals surface area (Å²) in [5.74, 6) is 0.459. The minimum absolute atomic E-state index is 0.0330. The van der Waals surface area contributed by atoms with E-state index in [0.717, 1.165) is 17.1 Å². The van der Waals surface area contributed by atoms with E-state index < -0.39 is 0 Å². The van der Waals surface area contributed by atoms with Crippen LogP contribution < -0.4 is 5.32 Å². The minimum atomic E-state index is -0.0330. The number of nitrogens with one attached hydrogen (secondary N) is 1. The van der Waals surface area contributed by atoms with Crippen molar-refractivity contribution in [2.24, 2.45) is 10.2 Å². The summed E-state index contributed by atoms with van der Waals surface area (Å²) in [4.78, 5) is 11.6. The van der Waals surface area contributed by atoms with E-state index in [0.29, 0.717) is 18.7 Å². The van der Waals surface area contributed by atoms with Gasteiger partial charge >= 0.3 is 0 Å². The fourth-order valence-corrected chi connectivity index (χ4v) is 1.81. The number of amides is 1. The van der Waals surface area contributed by atoms with Crippen LogP contribution in [0.3, 0.4) is 0 Å². The predicted molar refractivity (Wildman–Crippen MR) is 85.6 cm³/mol. The molecule has 21 heavy (non-hydrogen) atoms. The van der Waals surface area contributed by atoms with Crippen molar-refractivity contribution in [3.05, 3.63) is 54.6 Å². The lowest BCUT2D eigenvalue weighted by molar-refractivity contribution is -0.116. The normalized spacial score (nSPS) is 10.7. The Balaban J connectivity index is 1.93. The van der Waals surface area contributed by atoms with Crippen molar-refractivity contribution in [2.75, 3.05) is 11.2 Å². The van der Waals surface area contributed by atoms with Gasteiger partial charge in [0.2, 0.25) is 5.91 Å². The Morgan fingerprint density at radius 1 is 0.952 bits per heavy atom. The highest BCUT2D eigenvalue weighted by molar-refractivity contribution is 6.18. The number of carbonyl (C=O) groups excluding carboxylic acids is 1. The maximum atomic E-state index is 11.6. The van der Waals surface area contributed by atoms with Crippen molar-refractivity contribution in [3.63, 3.8) is 0 Å². The van der Waals surface area contributed by atoms with E-state index in [-0.39, 0.29) is 5.91 Å². The molecule has 0 aliphatic rings. The van der Waals surface area contributed by atoms with Crippen LogP contribution in [0.15, 0.2) is 64.8 Å². The van der Waals surface area contributed by atoms with Gasteiger partial charge < -0.3 is 5.32 Å². The summed E-state index contributed by atoms with van der Waals surface area (Å²) < 4.78 is 0. The van der Waals surface area contributed by atoms with Crippen molar-refractivity contribution in [3.8, 4) is 0 Å². The van der Waals surface area contributed by atoms with Crippen molar-refractivity contribution >= 4 is 34.6 Å². The van der Waals surface area contributed by atoms with E-state index in [9.17, 15) is 4.79 Å². The predicted octanol–water partition coefficient (Wildman–Crippen LogP) is 5.06. The molecule has 2 rings (SSSR count). The van der Waals surface area contributed by atoms with Gasteiger partial charge in [0.25, 0.3) is 0 Å². The lowest BCUT2D eigenvalue weighted by Crippen LogP contribution is -2.10. The molecule has 0 saturated heterocycles. The number of hydrogen-bond acceptors (Lipinski definition) is 3. The van der Waals surface area contributed by atoms with E-state index in [1.807, 2.05) is 42.5 Å². The Morgan fingerprint density at radius 3 is 2.19 bits per heavy atom. The highest BCUT2D eigenvalue weighted by atomic mass is 35.5. The second-order valence-electron chi connectivity index (χ2n) is 4.42. The summed E-state index contributed by atoms with van der Waals surface area (Å²) >= 11 is 5.55.